The zero-order valence-electron chi connectivity index (χ0n) is 9.25. The molecule has 0 fully saturated rings. The SMILES string of the molecule is Oc1c(Cl)cccc1CNc1cc(F)ccc1Br. The Kier molecular flexibility index (Phi) is 4.09. The molecule has 0 radical (unpaired) electrons. The molecule has 2 N–H and O–H groups in total. The maximum Gasteiger partial charge on any atom is 0.139 e. The van der Waals surface area contributed by atoms with Crippen LogP contribution in [-0.2, 0) is 6.54 Å². The average molecular weight is 331 g/mol. The number of phenolic OH excluding ortho intramolecular Hbond substituents is 1. The Morgan fingerprint density at radius 3 is 2.83 bits per heavy atom. The lowest BCUT2D eigenvalue weighted by atomic mass is 10.2. The number of rotatable bonds is 3. The summed E-state index contributed by atoms with van der Waals surface area (Å²) in [5, 5.41) is 13.1. The van der Waals surface area contributed by atoms with Crippen LogP contribution in [0.15, 0.2) is 40.9 Å². The first-order valence-electron chi connectivity index (χ1n) is 5.23. The molecule has 2 aromatic carbocycles. The quantitative estimate of drug-likeness (QED) is 0.864. The molecule has 2 aromatic rings. The number of benzene rings is 2. The van der Waals surface area contributed by atoms with Crippen LogP contribution < -0.4 is 5.32 Å². The molecule has 0 atom stereocenters. The van der Waals surface area contributed by atoms with Gasteiger partial charge in [0.15, 0.2) is 0 Å². The highest BCUT2D eigenvalue weighted by Gasteiger charge is 2.06. The Morgan fingerprint density at radius 2 is 2.06 bits per heavy atom. The second-order valence-corrected chi connectivity index (χ2v) is 4.99. The van der Waals surface area contributed by atoms with Crippen LogP contribution in [0, 0.1) is 5.82 Å². The predicted molar refractivity (Wildman–Crippen MR) is 74.5 cm³/mol. The second kappa shape index (κ2) is 5.59. The third kappa shape index (κ3) is 2.94. The van der Waals surface area contributed by atoms with Gasteiger partial charge in [-0.15, -0.1) is 0 Å². The van der Waals surface area contributed by atoms with Gasteiger partial charge in [-0.1, -0.05) is 23.7 Å². The van der Waals surface area contributed by atoms with Crippen molar-refractivity contribution in [2.75, 3.05) is 5.32 Å². The summed E-state index contributed by atoms with van der Waals surface area (Å²) in [7, 11) is 0. The predicted octanol–water partition coefficient (Wildman–Crippen LogP) is 4.56. The second-order valence-electron chi connectivity index (χ2n) is 3.73. The van der Waals surface area contributed by atoms with E-state index in [-0.39, 0.29) is 11.6 Å². The number of para-hydroxylation sites is 1. The van der Waals surface area contributed by atoms with Gasteiger partial charge in [-0.25, -0.2) is 4.39 Å². The van der Waals surface area contributed by atoms with E-state index in [1.807, 2.05) is 0 Å². The molecule has 0 saturated carbocycles. The van der Waals surface area contributed by atoms with Crippen LogP contribution in [0.3, 0.4) is 0 Å². The maximum absolute atomic E-state index is 13.1. The van der Waals surface area contributed by atoms with Gasteiger partial charge < -0.3 is 10.4 Å². The Bertz CT molecular complexity index is 575. The van der Waals surface area contributed by atoms with Crippen molar-refractivity contribution in [2.24, 2.45) is 0 Å². The first-order chi connectivity index (χ1) is 8.58. The van der Waals surface area contributed by atoms with E-state index in [1.54, 1.807) is 24.3 Å². The molecule has 0 heterocycles. The van der Waals surface area contributed by atoms with E-state index in [9.17, 15) is 9.50 Å². The van der Waals surface area contributed by atoms with Crippen LogP contribution in [0.1, 0.15) is 5.56 Å². The van der Waals surface area contributed by atoms with Crippen molar-refractivity contribution in [3.63, 3.8) is 0 Å². The molecule has 18 heavy (non-hydrogen) atoms. The summed E-state index contributed by atoms with van der Waals surface area (Å²) in [6.07, 6.45) is 0. The highest BCUT2D eigenvalue weighted by Crippen LogP contribution is 2.29. The van der Waals surface area contributed by atoms with Gasteiger partial charge >= 0.3 is 0 Å². The molecule has 0 aliphatic rings. The van der Waals surface area contributed by atoms with Crippen molar-refractivity contribution < 1.29 is 9.50 Å². The van der Waals surface area contributed by atoms with Crippen molar-refractivity contribution >= 4 is 33.2 Å². The summed E-state index contributed by atoms with van der Waals surface area (Å²) in [6.45, 7) is 0.356. The van der Waals surface area contributed by atoms with Crippen LogP contribution in [0.25, 0.3) is 0 Å². The maximum atomic E-state index is 13.1. The van der Waals surface area contributed by atoms with E-state index in [1.165, 1.54) is 12.1 Å². The molecule has 5 heteroatoms. The van der Waals surface area contributed by atoms with Gasteiger partial charge in [-0.05, 0) is 40.2 Å². The lowest BCUT2D eigenvalue weighted by Crippen LogP contribution is -2.01. The lowest BCUT2D eigenvalue weighted by molar-refractivity contribution is 0.469. The zero-order valence-corrected chi connectivity index (χ0v) is 11.6. The van der Waals surface area contributed by atoms with E-state index in [4.69, 9.17) is 11.6 Å². The minimum absolute atomic E-state index is 0.0409. The van der Waals surface area contributed by atoms with Gasteiger partial charge in [0.25, 0.3) is 0 Å². The average Bonchev–Trinajstić information content (AvgIpc) is 2.35. The topological polar surface area (TPSA) is 32.3 Å². The zero-order chi connectivity index (χ0) is 13.1. The van der Waals surface area contributed by atoms with E-state index in [0.717, 1.165) is 4.47 Å². The van der Waals surface area contributed by atoms with Gasteiger partial charge in [-0.2, -0.15) is 0 Å². The van der Waals surface area contributed by atoms with Crippen LogP contribution in [0.4, 0.5) is 10.1 Å². The molecule has 0 saturated heterocycles. The Morgan fingerprint density at radius 1 is 1.28 bits per heavy atom. The minimum atomic E-state index is -0.323. The Balaban J connectivity index is 2.16. The molecule has 0 amide bonds. The lowest BCUT2D eigenvalue weighted by Gasteiger charge is -2.10. The van der Waals surface area contributed by atoms with Crippen molar-refractivity contribution in [1.29, 1.82) is 0 Å². The van der Waals surface area contributed by atoms with Crippen LogP contribution in [0.5, 0.6) is 5.75 Å². The largest absolute Gasteiger partial charge is 0.506 e. The van der Waals surface area contributed by atoms with Gasteiger partial charge in [0.05, 0.1) is 10.7 Å². The van der Waals surface area contributed by atoms with Gasteiger partial charge in [0.2, 0.25) is 0 Å². The van der Waals surface area contributed by atoms with E-state index in [0.29, 0.717) is 22.8 Å². The molecule has 0 aromatic heterocycles. The van der Waals surface area contributed by atoms with Crippen LogP contribution in [-0.4, -0.2) is 5.11 Å². The first kappa shape index (κ1) is 13.2. The number of phenols is 1. The minimum Gasteiger partial charge on any atom is -0.506 e. The normalized spacial score (nSPS) is 10.4. The van der Waals surface area contributed by atoms with Gasteiger partial charge in [-0.3, -0.25) is 0 Å². The molecular weight excluding hydrogens is 321 g/mol. The highest BCUT2D eigenvalue weighted by atomic mass is 79.9. The molecule has 0 aliphatic heterocycles. The standard InChI is InChI=1S/C13H10BrClFNO/c14-10-5-4-9(16)6-12(10)17-7-8-2-1-3-11(15)13(8)18/h1-6,17-18H,7H2. The molecule has 0 unspecified atom stereocenters. The van der Waals surface area contributed by atoms with Gasteiger partial charge in [0.1, 0.15) is 11.6 Å². The number of hydrogen-bond acceptors (Lipinski definition) is 2. The molecule has 94 valence electrons. The molecule has 0 bridgehead atoms. The number of nitrogens with one attached hydrogen (secondary N) is 1. The van der Waals surface area contributed by atoms with Crippen molar-refractivity contribution in [3.05, 3.63) is 57.3 Å². The van der Waals surface area contributed by atoms with E-state index in [2.05, 4.69) is 21.2 Å². The van der Waals surface area contributed by atoms with Crippen molar-refractivity contribution in [2.45, 2.75) is 6.54 Å². The van der Waals surface area contributed by atoms with E-state index >= 15 is 0 Å². The van der Waals surface area contributed by atoms with Crippen molar-refractivity contribution in [3.8, 4) is 5.75 Å². The Labute approximate surface area is 118 Å². The van der Waals surface area contributed by atoms with Crippen molar-refractivity contribution in [1.82, 2.24) is 0 Å². The summed E-state index contributed by atoms with van der Waals surface area (Å²) in [5.74, 6) is -0.282. The molecule has 2 rings (SSSR count). The van der Waals surface area contributed by atoms with Gasteiger partial charge in [0, 0.05) is 16.6 Å². The highest BCUT2D eigenvalue weighted by molar-refractivity contribution is 9.10. The van der Waals surface area contributed by atoms with Crippen LogP contribution >= 0.6 is 27.5 Å². The molecule has 0 aliphatic carbocycles. The molecular formula is C13H10BrClFNO. The summed E-state index contributed by atoms with van der Waals surface area (Å²) in [5.41, 5.74) is 1.27. The number of anilines is 1. The fourth-order valence-electron chi connectivity index (χ4n) is 1.53. The number of halogens is 3. The summed E-state index contributed by atoms with van der Waals surface area (Å²) >= 11 is 9.12. The van der Waals surface area contributed by atoms with Crippen LogP contribution in [0.2, 0.25) is 5.02 Å². The molecule has 0 spiro atoms. The van der Waals surface area contributed by atoms with E-state index < -0.39 is 0 Å². The summed E-state index contributed by atoms with van der Waals surface area (Å²) < 4.78 is 13.8. The smallest absolute Gasteiger partial charge is 0.139 e. The third-order valence-electron chi connectivity index (χ3n) is 2.47. The third-order valence-corrected chi connectivity index (χ3v) is 3.46. The fourth-order valence-corrected chi connectivity index (χ4v) is 2.11. The fraction of sp³-hybridized carbons (Fsp3) is 0.0769. The summed E-state index contributed by atoms with van der Waals surface area (Å²) in [6, 6.07) is 9.48. The summed E-state index contributed by atoms with van der Waals surface area (Å²) in [4.78, 5) is 0. The number of aromatic hydroxyl groups is 1. The number of hydrogen-bond donors (Lipinski definition) is 2. The molecule has 2 nitrogen and oxygen atoms in total. The Hall–Kier alpha value is -1.26. The first-order valence-corrected chi connectivity index (χ1v) is 6.40. The monoisotopic (exact) mass is 329 g/mol.